The Bertz CT molecular complexity index is 400. The van der Waals surface area contributed by atoms with Crippen LogP contribution < -0.4 is 0 Å². The smallest absolute Gasteiger partial charge is 0.195 e. The van der Waals surface area contributed by atoms with Gasteiger partial charge in [0.1, 0.15) is 6.61 Å². The number of rotatable bonds is 3. The first-order valence-electron chi connectivity index (χ1n) is 5.67. The van der Waals surface area contributed by atoms with Crippen molar-refractivity contribution in [2.75, 3.05) is 13.6 Å². The highest BCUT2D eigenvalue weighted by Crippen LogP contribution is 2.17. The zero-order valence-corrected chi connectivity index (χ0v) is 10.3. The van der Waals surface area contributed by atoms with Crippen LogP contribution in [0, 0.1) is 4.77 Å². The maximum atomic E-state index is 9.16. The summed E-state index contributed by atoms with van der Waals surface area (Å²) in [6.07, 6.45) is 3.74. The lowest BCUT2D eigenvalue weighted by atomic mass is 10.0. The lowest BCUT2D eigenvalue weighted by molar-refractivity contribution is 0.163. The second kappa shape index (κ2) is 5.07. The third-order valence-corrected chi connectivity index (χ3v) is 3.61. The van der Waals surface area contributed by atoms with E-state index in [-0.39, 0.29) is 6.61 Å². The Morgan fingerprint density at radius 3 is 3.06 bits per heavy atom. The number of H-pyrrole nitrogens is 1. The normalized spacial score (nSPS) is 22.5. The van der Waals surface area contributed by atoms with Crippen molar-refractivity contribution < 1.29 is 5.11 Å². The lowest BCUT2D eigenvalue weighted by Gasteiger charge is -2.32. The molecule has 2 N–H and O–H groups in total. The summed E-state index contributed by atoms with van der Waals surface area (Å²) in [5, 5.41) is 15.9. The van der Waals surface area contributed by atoms with Crippen molar-refractivity contribution in [3.05, 3.63) is 10.6 Å². The Morgan fingerprint density at radius 2 is 2.38 bits per heavy atom. The molecule has 0 aliphatic carbocycles. The van der Waals surface area contributed by atoms with Crippen molar-refractivity contribution in [3.8, 4) is 0 Å². The number of hydrogen-bond acceptors (Lipinski definition) is 4. The van der Waals surface area contributed by atoms with Gasteiger partial charge in [-0.05, 0) is 38.7 Å². The van der Waals surface area contributed by atoms with Crippen LogP contribution in [0.15, 0.2) is 0 Å². The Morgan fingerprint density at radius 1 is 1.56 bits per heavy atom. The molecule has 6 heteroatoms. The first-order valence-corrected chi connectivity index (χ1v) is 6.08. The second-order valence-corrected chi connectivity index (χ2v) is 4.73. The molecule has 1 aliphatic rings. The molecule has 16 heavy (non-hydrogen) atoms. The fraction of sp³-hybridized carbons (Fsp3) is 0.800. The summed E-state index contributed by atoms with van der Waals surface area (Å²) in [7, 11) is 2.14. The Labute approximate surface area is 100 Å². The van der Waals surface area contributed by atoms with Gasteiger partial charge in [0.2, 0.25) is 0 Å². The van der Waals surface area contributed by atoms with E-state index in [9.17, 15) is 0 Å². The third kappa shape index (κ3) is 2.34. The maximum absolute atomic E-state index is 9.16. The van der Waals surface area contributed by atoms with Crippen molar-refractivity contribution in [1.29, 1.82) is 0 Å². The van der Waals surface area contributed by atoms with E-state index < -0.39 is 0 Å². The molecule has 0 radical (unpaired) electrons. The minimum absolute atomic E-state index is 0.0659. The summed E-state index contributed by atoms with van der Waals surface area (Å²) in [4.78, 5) is 2.36. The van der Waals surface area contributed by atoms with E-state index in [4.69, 9.17) is 17.3 Å². The zero-order chi connectivity index (χ0) is 11.5. The zero-order valence-electron chi connectivity index (χ0n) is 9.52. The predicted molar refractivity (Wildman–Crippen MR) is 63.6 cm³/mol. The third-order valence-electron chi connectivity index (χ3n) is 3.29. The first-order chi connectivity index (χ1) is 7.72. The number of likely N-dealkylation sites (N-methyl/N-ethyl adjacent to an activating group) is 1. The van der Waals surface area contributed by atoms with Crippen LogP contribution in [0.5, 0.6) is 0 Å². The van der Waals surface area contributed by atoms with Crippen molar-refractivity contribution >= 4 is 12.2 Å². The number of nitrogens with one attached hydrogen (secondary N) is 1. The predicted octanol–water partition coefficient (Wildman–Crippen LogP) is 0.917. The molecule has 1 unspecified atom stereocenters. The minimum Gasteiger partial charge on any atom is -0.388 e. The second-order valence-electron chi connectivity index (χ2n) is 4.34. The molecule has 1 atom stereocenters. The van der Waals surface area contributed by atoms with Gasteiger partial charge < -0.3 is 14.6 Å². The van der Waals surface area contributed by atoms with Crippen molar-refractivity contribution in [2.45, 2.75) is 38.5 Å². The molecule has 0 aromatic carbocycles. The van der Waals surface area contributed by atoms with Crippen LogP contribution in [-0.4, -0.2) is 44.4 Å². The van der Waals surface area contributed by atoms with Gasteiger partial charge >= 0.3 is 0 Å². The minimum atomic E-state index is -0.0659. The van der Waals surface area contributed by atoms with Crippen LogP contribution in [-0.2, 0) is 13.2 Å². The van der Waals surface area contributed by atoms with Gasteiger partial charge in [-0.25, -0.2) is 0 Å². The van der Waals surface area contributed by atoms with Gasteiger partial charge in [0, 0.05) is 12.6 Å². The van der Waals surface area contributed by atoms with Crippen LogP contribution in [0.1, 0.15) is 25.1 Å². The Kier molecular flexibility index (Phi) is 3.73. The number of aliphatic hydroxyl groups is 1. The summed E-state index contributed by atoms with van der Waals surface area (Å²) in [6, 6.07) is 0.503. The van der Waals surface area contributed by atoms with Crippen LogP contribution in [0.3, 0.4) is 0 Å². The summed E-state index contributed by atoms with van der Waals surface area (Å²) in [6.45, 7) is 1.90. The molecule has 1 aromatic rings. The quantitative estimate of drug-likeness (QED) is 0.774. The van der Waals surface area contributed by atoms with E-state index in [0.717, 1.165) is 13.1 Å². The van der Waals surface area contributed by atoms with Gasteiger partial charge in [-0.1, -0.05) is 6.42 Å². The molecular formula is C10H18N4OS. The molecule has 0 bridgehead atoms. The van der Waals surface area contributed by atoms with Gasteiger partial charge in [-0.3, -0.25) is 5.10 Å². The molecule has 1 aromatic heterocycles. The highest BCUT2D eigenvalue weighted by Gasteiger charge is 2.20. The summed E-state index contributed by atoms with van der Waals surface area (Å²) < 4.78 is 2.50. The molecule has 2 rings (SSSR count). The van der Waals surface area contributed by atoms with E-state index >= 15 is 0 Å². The highest BCUT2D eigenvalue weighted by molar-refractivity contribution is 7.71. The van der Waals surface area contributed by atoms with Crippen LogP contribution in [0.25, 0.3) is 0 Å². The van der Waals surface area contributed by atoms with Crippen LogP contribution in [0.4, 0.5) is 0 Å². The molecule has 1 saturated heterocycles. The monoisotopic (exact) mass is 242 g/mol. The fourth-order valence-electron chi connectivity index (χ4n) is 2.24. The van der Waals surface area contributed by atoms with Crippen molar-refractivity contribution in [3.63, 3.8) is 0 Å². The summed E-state index contributed by atoms with van der Waals surface area (Å²) >= 11 is 5.16. The lowest BCUT2D eigenvalue weighted by Crippen LogP contribution is -2.39. The largest absolute Gasteiger partial charge is 0.388 e. The van der Waals surface area contributed by atoms with Crippen LogP contribution >= 0.6 is 12.2 Å². The van der Waals surface area contributed by atoms with E-state index in [1.54, 1.807) is 0 Å². The first kappa shape index (κ1) is 11.8. The number of aromatic amines is 1. The molecule has 0 amide bonds. The maximum Gasteiger partial charge on any atom is 0.195 e. The topological polar surface area (TPSA) is 57.1 Å². The molecule has 0 saturated carbocycles. The van der Waals surface area contributed by atoms with Crippen LogP contribution in [0.2, 0.25) is 0 Å². The molecule has 1 aliphatic heterocycles. The number of piperidine rings is 1. The number of hydrogen-bond donors (Lipinski definition) is 2. The molecule has 2 heterocycles. The fourth-order valence-corrected chi connectivity index (χ4v) is 2.47. The van der Waals surface area contributed by atoms with Crippen molar-refractivity contribution in [1.82, 2.24) is 19.7 Å². The molecule has 1 fully saturated rings. The number of aliphatic hydroxyl groups excluding tert-OH is 1. The molecular weight excluding hydrogens is 224 g/mol. The molecule has 5 nitrogen and oxygen atoms in total. The number of nitrogens with zero attached hydrogens (tertiary/aromatic N) is 3. The van der Waals surface area contributed by atoms with Gasteiger partial charge in [0.15, 0.2) is 10.6 Å². The molecule has 90 valence electrons. The Hall–Kier alpha value is -0.720. The van der Waals surface area contributed by atoms with Gasteiger partial charge in [0.05, 0.1) is 0 Å². The standard InChI is InChI=1S/C10H18N4OS/c1-13-5-3-2-4-8(13)6-14-9(7-15)11-12-10(14)16/h8,15H,2-7H2,1H3,(H,12,16). The average Bonchev–Trinajstić information content (AvgIpc) is 2.63. The van der Waals surface area contributed by atoms with E-state index in [2.05, 4.69) is 22.1 Å². The number of likely N-dealkylation sites (tertiary alicyclic amines) is 1. The van der Waals surface area contributed by atoms with E-state index in [1.807, 2.05) is 4.57 Å². The van der Waals surface area contributed by atoms with Gasteiger partial charge in [-0.15, -0.1) is 0 Å². The average molecular weight is 242 g/mol. The Balaban J connectivity index is 2.13. The van der Waals surface area contributed by atoms with Crippen molar-refractivity contribution in [2.24, 2.45) is 0 Å². The highest BCUT2D eigenvalue weighted by atomic mass is 32.1. The number of aromatic nitrogens is 3. The SMILES string of the molecule is CN1CCCCC1Cn1c(CO)n[nH]c1=S. The van der Waals surface area contributed by atoms with Gasteiger partial charge in [-0.2, -0.15) is 5.10 Å². The summed E-state index contributed by atoms with van der Waals surface area (Å²) in [5.41, 5.74) is 0. The molecule has 0 spiro atoms. The van der Waals surface area contributed by atoms with E-state index in [1.165, 1.54) is 19.3 Å². The summed E-state index contributed by atoms with van der Waals surface area (Å²) in [5.74, 6) is 0.629. The van der Waals surface area contributed by atoms with Gasteiger partial charge in [0.25, 0.3) is 0 Å². The van der Waals surface area contributed by atoms with E-state index in [0.29, 0.717) is 16.6 Å².